The minimum absolute atomic E-state index is 0.00779. The molecule has 264 valence electrons. The first kappa shape index (κ1) is 33.2. The Balaban J connectivity index is 1.28. The fourth-order valence-corrected chi connectivity index (χ4v) is 9.04. The molecule has 3 aliphatic rings. The van der Waals surface area contributed by atoms with Crippen molar-refractivity contribution in [2.75, 3.05) is 51.0 Å². The number of hydrogen-bond donors (Lipinski definition) is 1. The maximum Gasteiger partial charge on any atom is 0.319 e. The van der Waals surface area contributed by atoms with Crippen molar-refractivity contribution < 1.29 is 22.7 Å². The van der Waals surface area contributed by atoms with E-state index in [1.54, 1.807) is 33.2 Å². The Morgan fingerprint density at radius 1 is 1.20 bits per heavy atom. The van der Waals surface area contributed by atoms with Crippen LogP contribution in [-0.4, -0.2) is 87.5 Å². The Kier molecular flexibility index (Phi) is 8.06. The number of halogens is 3. The molecule has 0 bridgehead atoms. The number of aryl methyl sites for hydroxylation is 2. The molecule has 0 spiro atoms. The van der Waals surface area contributed by atoms with Crippen LogP contribution in [0.2, 0.25) is 0 Å². The molecular formula is C36H36F3N9O2S. The third kappa shape index (κ3) is 5.43. The molecule has 2 fully saturated rings. The van der Waals surface area contributed by atoms with Crippen LogP contribution in [0.25, 0.3) is 32.1 Å². The maximum absolute atomic E-state index is 17.2. The highest BCUT2D eigenvalue weighted by Gasteiger charge is 2.49. The number of carbonyl (C=O) groups is 1. The van der Waals surface area contributed by atoms with Crippen molar-refractivity contribution in [2.24, 2.45) is 0 Å². The molecule has 6 heterocycles. The van der Waals surface area contributed by atoms with E-state index in [0.29, 0.717) is 67.0 Å². The molecule has 11 nitrogen and oxygen atoms in total. The summed E-state index contributed by atoms with van der Waals surface area (Å²) in [5.41, 5.74) is 7.87. The lowest BCUT2D eigenvalue weighted by atomic mass is 9.93. The number of nitrogens with zero attached hydrogens (tertiary/aromatic N) is 8. The highest BCUT2D eigenvalue weighted by molar-refractivity contribution is 7.23. The third-order valence-corrected chi connectivity index (χ3v) is 11.5. The summed E-state index contributed by atoms with van der Waals surface area (Å²) in [6.45, 7) is 4.50. The van der Waals surface area contributed by atoms with Crippen molar-refractivity contribution in [3.63, 3.8) is 0 Å². The van der Waals surface area contributed by atoms with Gasteiger partial charge in [0.05, 0.1) is 28.0 Å². The van der Waals surface area contributed by atoms with Crippen molar-refractivity contribution in [2.45, 2.75) is 57.4 Å². The van der Waals surface area contributed by atoms with Crippen molar-refractivity contribution in [1.82, 2.24) is 29.5 Å². The van der Waals surface area contributed by atoms with Gasteiger partial charge in [0.2, 0.25) is 0 Å². The summed E-state index contributed by atoms with van der Waals surface area (Å²) in [5, 5.41) is 15.3. The quantitative estimate of drug-likeness (QED) is 0.231. The SMILES string of the molecule is Cc1cc2c(N3CCCn4nc(C(=O)N(C)C)cc4C3)nc(OC[C@@]34CCCN3C[C@H](F)C4)nc2c(F)c1-c1ccc(F)c2sc(N)c(C#N)c12. The van der Waals surface area contributed by atoms with E-state index in [1.807, 2.05) is 9.58 Å². The number of thiophene rings is 1. The lowest BCUT2D eigenvalue weighted by Crippen LogP contribution is -2.43. The average Bonchev–Trinajstić information content (AvgIpc) is 3.82. The van der Waals surface area contributed by atoms with Crippen LogP contribution in [0.1, 0.15) is 53.0 Å². The second-order valence-electron chi connectivity index (χ2n) is 13.9. The highest BCUT2D eigenvalue weighted by Crippen LogP contribution is 2.45. The van der Waals surface area contributed by atoms with E-state index in [0.717, 1.165) is 36.4 Å². The number of anilines is 2. The van der Waals surface area contributed by atoms with Crippen LogP contribution in [0, 0.1) is 29.9 Å². The lowest BCUT2D eigenvalue weighted by Gasteiger charge is -2.31. The Morgan fingerprint density at radius 2 is 2.02 bits per heavy atom. The average molecular weight is 716 g/mol. The van der Waals surface area contributed by atoms with Crippen molar-refractivity contribution in [3.8, 4) is 23.2 Å². The summed E-state index contributed by atoms with van der Waals surface area (Å²) < 4.78 is 55.1. The lowest BCUT2D eigenvalue weighted by molar-refractivity contribution is 0.0821. The molecule has 51 heavy (non-hydrogen) atoms. The van der Waals surface area contributed by atoms with Gasteiger partial charge < -0.3 is 20.3 Å². The molecule has 3 aliphatic heterocycles. The highest BCUT2D eigenvalue weighted by atomic mass is 32.1. The van der Waals surface area contributed by atoms with Gasteiger partial charge in [-0.2, -0.15) is 20.3 Å². The first-order valence-corrected chi connectivity index (χ1v) is 17.8. The Morgan fingerprint density at radius 3 is 2.80 bits per heavy atom. The number of benzene rings is 2. The Labute approximate surface area is 296 Å². The van der Waals surface area contributed by atoms with Gasteiger partial charge in [0, 0.05) is 56.5 Å². The zero-order valence-electron chi connectivity index (χ0n) is 28.5. The molecule has 0 unspecified atom stereocenters. The molecule has 2 aromatic carbocycles. The zero-order valence-corrected chi connectivity index (χ0v) is 29.3. The van der Waals surface area contributed by atoms with E-state index < -0.39 is 23.3 Å². The van der Waals surface area contributed by atoms with E-state index in [9.17, 15) is 18.8 Å². The van der Waals surface area contributed by atoms with E-state index in [-0.39, 0.29) is 50.3 Å². The zero-order chi connectivity index (χ0) is 35.8. The van der Waals surface area contributed by atoms with Crippen LogP contribution < -0.4 is 15.4 Å². The van der Waals surface area contributed by atoms with Gasteiger partial charge in [-0.25, -0.2) is 13.2 Å². The maximum atomic E-state index is 17.2. The minimum atomic E-state index is -0.951. The standard InChI is InChI=1S/C36H36F3N9O2S/c1-19-12-23-30(29(39)27(19)22-6-7-25(38)31-28(22)24(15-40)32(41)51-31)42-35(50-18-36-8-4-10-47(36)16-20(37)14-36)43-33(23)46-9-5-11-48-21(17-46)13-26(44-48)34(49)45(2)3/h6-7,12-13,20H,4-5,8-11,14,16-18,41H2,1-3H3/t20-,36+/m1/s1. The van der Waals surface area contributed by atoms with Gasteiger partial charge in [0.15, 0.2) is 11.5 Å². The molecular weight excluding hydrogens is 680 g/mol. The van der Waals surface area contributed by atoms with E-state index in [1.165, 1.54) is 17.0 Å². The van der Waals surface area contributed by atoms with Crippen molar-refractivity contribution >= 4 is 49.1 Å². The van der Waals surface area contributed by atoms with Gasteiger partial charge in [-0.15, -0.1) is 11.3 Å². The Hall–Kier alpha value is -4.94. The summed E-state index contributed by atoms with van der Waals surface area (Å²) >= 11 is 0.949. The van der Waals surface area contributed by atoms with Gasteiger partial charge in [-0.1, -0.05) is 6.07 Å². The molecule has 2 saturated heterocycles. The number of amides is 1. The van der Waals surface area contributed by atoms with Crippen LogP contribution >= 0.6 is 11.3 Å². The van der Waals surface area contributed by atoms with Crippen LogP contribution in [0.3, 0.4) is 0 Å². The molecule has 2 N–H and O–H groups in total. The number of nitrogens with two attached hydrogens (primary N) is 1. The summed E-state index contributed by atoms with van der Waals surface area (Å²) in [6.07, 6.45) is 1.78. The summed E-state index contributed by atoms with van der Waals surface area (Å²) in [7, 11) is 3.35. The predicted octanol–water partition coefficient (Wildman–Crippen LogP) is 5.82. The smallest absolute Gasteiger partial charge is 0.319 e. The number of nitrogen functional groups attached to an aromatic ring is 1. The molecule has 0 saturated carbocycles. The van der Waals surface area contributed by atoms with E-state index in [2.05, 4.69) is 21.1 Å². The van der Waals surface area contributed by atoms with E-state index in [4.69, 9.17) is 15.5 Å². The van der Waals surface area contributed by atoms with Crippen LogP contribution in [0.15, 0.2) is 24.3 Å². The molecule has 0 radical (unpaired) electrons. The monoisotopic (exact) mass is 715 g/mol. The van der Waals surface area contributed by atoms with Gasteiger partial charge >= 0.3 is 6.01 Å². The summed E-state index contributed by atoms with van der Waals surface area (Å²) in [4.78, 5) is 27.9. The fourth-order valence-electron chi connectivity index (χ4n) is 8.09. The van der Waals surface area contributed by atoms with Crippen LogP contribution in [0.4, 0.5) is 24.0 Å². The number of ether oxygens (including phenoxy) is 1. The number of aromatic nitrogens is 4. The van der Waals surface area contributed by atoms with Gasteiger partial charge in [-0.05, 0) is 62.1 Å². The van der Waals surface area contributed by atoms with Gasteiger partial charge in [-0.3, -0.25) is 14.4 Å². The fraction of sp³-hybridized carbons (Fsp3) is 0.417. The molecule has 0 aliphatic carbocycles. The molecule has 15 heteroatoms. The second-order valence-corrected chi connectivity index (χ2v) is 15.0. The summed E-state index contributed by atoms with van der Waals surface area (Å²) in [6, 6.07) is 8.31. The van der Waals surface area contributed by atoms with Crippen LogP contribution in [0.5, 0.6) is 6.01 Å². The van der Waals surface area contributed by atoms with E-state index >= 15 is 4.39 Å². The second kappa shape index (κ2) is 12.4. The number of carbonyl (C=O) groups excluding carboxylic acids is 1. The normalized spacial score (nSPS) is 20.4. The van der Waals surface area contributed by atoms with Gasteiger partial charge in [0.1, 0.15) is 41.0 Å². The molecule has 5 aromatic rings. The number of fused-ring (bicyclic) bond motifs is 4. The third-order valence-electron chi connectivity index (χ3n) is 10.5. The minimum Gasteiger partial charge on any atom is -0.461 e. The molecule has 2 atom stereocenters. The Bertz CT molecular complexity index is 2280. The van der Waals surface area contributed by atoms with Crippen LogP contribution in [-0.2, 0) is 13.1 Å². The van der Waals surface area contributed by atoms with Gasteiger partial charge in [0.25, 0.3) is 5.91 Å². The van der Waals surface area contributed by atoms with Crippen molar-refractivity contribution in [1.29, 1.82) is 5.26 Å². The number of nitriles is 1. The number of hydrogen-bond acceptors (Lipinski definition) is 10. The van der Waals surface area contributed by atoms with Crippen molar-refractivity contribution in [3.05, 3.63) is 58.4 Å². The molecule has 8 rings (SSSR count). The first-order chi connectivity index (χ1) is 24.5. The predicted molar refractivity (Wildman–Crippen MR) is 189 cm³/mol. The summed E-state index contributed by atoms with van der Waals surface area (Å²) in [5.74, 6) is -0.995. The largest absolute Gasteiger partial charge is 0.461 e. The number of alkyl halides is 1. The molecule has 3 aromatic heterocycles. The number of rotatable bonds is 6. The molecule has 1 amide bonds. The topological polar surface area (TPSA) is 129 Å². The first-order valence-electron chi connectivity index (χ1n) is 16.9.